The average molecular weight is 248 g/mol. The Labute approximate surface area is 108 Å². The number of carbonyl (C=O) groups is 1. The van der Waals surface area contributed by atoms with Crippen LogP contribution in [-0.4, -0.2) is 53.9 Å². The number of hydrogen-bond donors (Lipinski definition) is 1. The van der Waals surface area contributed by atoms with Crippen LogP contribution in [0.2, 0.25) is 0 Å². The molecule has 0 spiro atoms. The molecule has 1 atom stereocenters. The number of rotatable bonds is 3. The number of amides is 1. The average Bonchev–Trinajstić information content (AvgIpc) is 2.39. The van der Waals surface area contributed by atoms with Gasteiger partial charge >= 0.3 is 0 Å². The first-order valence-electron chi connectivity index (χ1n) is 6.26. The molecule has 98 valence electrons. The first kappa shape index (κ1) is 13.0. The molecule has 2 N–H and O–H groups in total. The number of pyridine rings is 1. The van der Waals surface area contributed by atoms with Crippen molar-refractivity contribution in [3.05, 3.63) is 29.6 Å². The monoisotopic (exact) mass is 248 g/mol. The fourth-order valence-corrected chi connectivity index (χ4v) is 2.22. The maximum atomic E-state index is 11.0. The zero-order chi connectivity index (χ0) is 13.1. The number of carbonyl (C=O) groups excluding carboxylic acids is 1. The summed E-state index contributed by atoms with van der Waals surface area (Å²) in [6.45, 7) is 6.49. The first-order chi connectivity index (χ1) is 8.58. The fraction of sp³-hybridized carbons (Fsp3) is 0.538. The molecule has 0 saturated carbocycles. The summed E-state index contributed by atoms with van der Waals surface area (Å²) in [5.41, 5.74) is 6.63. The number of nitrogens with zero attached hydrogens (tertiary/aromatic N) is 3. The van der Waals surface area contributed by atoms with Gasteiger partial charge in [0.2, 0.25) is 0 Å². The van der Waals surface area contributed by atoms with E-state index in [0.717, 1.165) is 31.7 Å². The number of nitrogens with two attached hydrogens (primary N) is 1. The highest BCUT2D eigenvalue weighted by Crippen LogP contribution is 2.20. The molecule has 0 radical (unpaired) electrons. The molecular formula is C13H20N4O. The molecular weight excluding hydrogens is 228 g/mol. The molecule has 18 heavy (non-hydrogen) atoms. The van der Waals surface area contributed by atoms with Gasteiger partial charge in [-0.3, -0.25) is 14.7 Å². The molecule has 1 aliphatic rings. The van der Waals surface area contributed by atoms with Crippen LogP contribution in [0.25, 0.3) is 0 Å². The van der Waals surface area contributed by atoms with Crippen molar-refractivity contribution in [2.45, 2.75) is 13.0 Å². The highest BCUT2D eigenvalue weighted by atomic mass is 16.1. The van der Waals surface area contributed by atoms with Crippen molar-refractivity contribution in [2.75, 3.05) is 33.2 Å². The van der Waals surface area contributed by atoms with Crippen LogP contribution in [-0.2, 0) is 0 Å². The fourth-order valence-electron chi connectivity index (χ4n) is 2.22. The molecule has 2 rings (SSSR count). The molecule has 5 heteroatoms. The van der Waals surface area contributed by atoms with E-state index >= 15 is 0 Å². The van der Waals surface area contributed by atoms with E-state index in [9.17, 15) is 4.79 Å². The molecule has 1 aliphatic heterocycles. The summed E-state index contributed by atoms with van der Waals surface area (Å²) in [5, 5.41) is 0. The Morgan fingerprint density at radius 1 is 1.33 bits per heavy atom. The van der Waals surface area contributed by atoms with Gasteiger partial charge in [0.1, 0.15) is 5.69 Å². The van der Waals surface area contributed by atoms with Crippen LogP contribution < -0.4 is 5.73 Å². The topological polar surface area (TPSA) is 62.5 Å². The predicted molar refractivity (Wildman–Crippen MR) is 70.2 cm³/mol. The van der Waals surface area contributed by atoms with E-state index in [2.05, 4.69) is 28.8 Å². The molecule has 0 aliphatic carbocycles. The van der Waals surface area contributed by atoms with Gasteiger partial charge in [-0.2, -0.15) is 0 Å². The smallest absolute Gasteiger partial charge is 0.267 e. The highest BCUT2D eigenvalue weighted by Gasteiger charge is 2.20. The number of piperazine rings is 1. The third-order valence-electron chi connectivity index (χ3n) is 3.61. The van der Waals surface area contributed by atoms with Crippen molar-refractivity contribution in [1.29, 1.82) is 0 Å². The molecule has 1 aromatic heterocycles. The van der Waals surface area contributed by atoms with E-state index in [1.54, 1.807) is 12.3 Å². The van der Waals surface area contributed by atoms with Crippen LogP contribution in [0.1, 0.15) is 29.0 Å². The van der Waals surface area contributed by atoms with Crippen LogP contribution >= 0.6 is 0 Å². The maximum absolute atomic E-state index is 11.0. The van der Waals surface area contributed by atoms with Crippen molar-refractivity contribution in [2.24, 2.45) is 5.73 Å². The first-order valence-corrected chi connectivity index (χ1v) is 6.26. The minimum atomic E-state index is -0.478. The van der Waals surface area contributed by atoms with E-state index in [1.165, 1.54) is 0 Å². The van der Waals surface area contributed by atoms with Crippen molar-refractivity contribution in [3.8, 4) is 0 Å². The molecule has 1 fully saturated rings. The molecule has 1 amide bonds. The zero-order valence-electron chi connectivity index (χ0n) is 11.0. The number of aromatic nitrogens is 1. The SMILES string of the molecule is CC(c1ccc(C(N)=O)nc1)N1CCN(C)CC1. The Kier molecular flexibility index (Phi) is 3.93. The number of primary amides is 1. The molecule has 0 bridgehead atoms. The van der Waals surface area contributed by atoms with Gasteiger partial charge in [-0.15, -0.1) is 0 Å². The lowest BCUT2D eigenvalue weighted by molar-refractivity contribution is 0.0995. The summed E-state index contributed by atoms with van der Waals surface area (Å²) in [4.78, 5) is 19.8. The Balaban J connectivity index is 2.04. The normalized spacial score (nSPS) is 19.7. The second kappa shape index (κ2) is 5.46. The van der Waals surface area contributed by atoms with Gasteiger partial charge in [0.25, 0.3) is 5.91 Å². The lowest BCUT2D eigenvalue weighted by Gasteiger charge is -2.36. The van der Waals surface area contributed by atoms with Gasteiger partial charge < -0.3 is 10.6 Å². The molecule has 0 aromatic carbocycles. The van der Waals surface area contributed by atoms with Gasteiger partial charge in [0.05, 0.1) is 0 Å². The Hall–Kier alpha value is -1.46. The van der Waals surface area contributed by atoms with E-state index in [4.69, 9.17) is 5.73 Å². The van der Waals surface area contributed by atoms with Crippen molar-refractivity contribution in [1.82, 2.24) is 14.8 Å². The van der Waals surface area contributed by atoms with Crippen molar-refractivity contribution >= 4 is 5.91 Å². The Bertz CT molecular complexity index is 410. The van der Waals surface area contributed by atoms with E-state index in [1.807, 2.05) is 6.07 Å². The quantitative estimate of drug-likeness (QED) is 0.845. The van der Waals surface area contributed by atoms with Crippen molar-refractivity contribution in [3.63, 3.8) is 0 Å². The lowest BCUT2D eigenvalue weighted by Crippen LogP contribution is -2.45. The lowest BCUT2D eigenvalue weighted by atomic mass is 10.1. The van der Waals surface area contributed by atoms with E-state index in [0.29, 0.717) is 11.7 Å². The summed E-state index contributed by atoms with van der Waals surface area (Å²) in [5.74, 6) is -0.478. The van der Waals surface area contributed by atoms with Crippen LogP contribution in [0.4, 0.5) is 0 Å². The van der Waals surface area contributed by atoms with Crippen LogP contribution in [0.3, 0.4) is 0 Å². The molecule has 1 unspecified atom stereocenters. The minimum Gasteiger partial charge on any atom is -0.364 e. The molecule has 1 aromatic rings. The van der Waals surface area contributed by atoms with Gasteiger partial charge in [-0.05, 0) is 25.6 Å². The van der Waals surface area contributed by atoms with Crippen LogP contribution in [0, 0.1) is 0 Å². The van der Waals surface area contributed by atoms with E-state index < -0.39 is 5.91 Å². The van der Waals surface area contributed by atoms with Crippen LogP contribution in [0.15, 0.2) is 18.3 Å². The zero-order valence-corrected chi connectivity index (χ0v) is 11.0. The molecule has 2 heterocycles. The summed E-state index contributed by atoms with van der Waals surface area (Å²) in [6.07, 6.45) is 1.75. The molecule has 5 nitrogen and oxygen atoms in total. The third-order valence-corrected chi connectivity index (χ3v) is 3.61. The predicted octanol–water partition coefficient (Wildman–Crippen LogP) is 0.489. The highest BCUT2D eigenvalue weighted by molar-refractivity contribution is 5.90. The minimum absolute atomic E-state index is 0.323. The van der Waals surface area contributed by atoms with Gasteiger partial charge in [0, 0.05) is 38.4 Å². The van der Waals surface area contributed by atoms with E-state index in [-0.39, 0.29) is 0 Å². The third kappa shape index (κ3) is 2.86. The second-order valence-corrected chi connectivity index (χ2v) is 4.86. The van der Waals surface area contributed by atoms with Gasteiger partial charge in [-0.1, -0.05) is 6.07 Å². The number of likely N-dealkylation sites (N-methyl/N-ethyl adjacent to an activating group) is 1. The summed E-state index contributed by atoms with van der Waals surface area (Å²) >= 11 is 0. The standard InChI is InChI=1S/C13H20N4O/c1-10(17-7-5-16(2)6-8-17)11-3-4-12(13(14)18)15-9-11/h3-4,9-10H,5-8H2,1-2H3,(H2,14,18). The van der Waals surface area contributed by atoms with Gasteiger partial charge in [0.15, 0.2) is 0 Å². The summed E-state index contributed by atoms with van der Waals surface area (Å²) in [7, 11) is 2.14. The van der Waals surface area contributed by atoms with Gasteiger partial charge in [-0.25, -0.2) is 0 Å². The Morgan fingerprint density at radius 3 is 2.50 bits per heavy atom. The maximum Gasteiger partial charge on any atom is 0.267 e. The molecule has 1 saturated heterocycles. The Morgan fingerprint density at radius 2 is 2.00 bits per heavy atom. The second-order valence-electron chi connectivity index (χ2n) is 4.86. The summed E-state index contributed by atoms with van der Waals surface area (Å²) < 4.78 is 0. The largest absolute Gasteiger partial charge is 0.364 e. The summed E-state index contributed by atoms with van der Waals surface area (Å²) in [6, 6.07) is 3.97. The van der Waals surface area contributed by atoms with Crippen LogP contribution in [0.5, 0.6) is 0 Å². The van der Waals surface area contributed by atoms with Crippen molar-refractivity contribution < 1.29 is 4.79 Å². The number of hydrogen-bond acceptors (Lipinski definition) is 4.